The second-order valence-electron chi connectivity index (χ2n) is 6.03. The van der Waals surface area contributed by atoms with E-state index < -0.39 is 0 Å². The van der Waals surface area contributed by atoms with Crippen LogP contribution in [0.4, 0.5) is 9.18 Å². The molecule has 1 saturated heterocycles. The molecule has 0 saturated carbocycles. The van der Waals surface area contributed by atoms with Crippen LogP contribution in [0.5, 0.6) is 0 Å². The van der Waals surface area contributed by atoms with E-state index >= 15 is 0 Å². The van der Waals surface area contributed by atoms with Crippen LogP contribution in [0.1, 0.15) is 31.7 Å². The van der Waals surface area contributed by atoms with Crippen LogP contribution in [0.2, 0.25) is 0 Å². The molecule has 2 amide bonds. The summed E-state index contributed by atoms with van der Waals surface area (Å²) in [5.41, 5.74) is 0.482. The minimum Gasteiger partial charge on any atom is -0.450 e. The highest BCUT2D eigenvalue weighted by Gasteiger charge is 2.23. The highest BCUT2D eigenvalue weighted by molar-refractivity contribution is 5.76. The van der Waals surface area contributed by atoms with Gasteiger partial charge in [-0.2, -0.15) is 0 Å². The number of hydrogen-bond acceptors (Lipinski definition) is 4. The van der Waals surface area contributed by atoms with Crippen molar-refractivity contribution in [3.05, 3.63) is 35.6 Å². The van der Waals surface area contributed by atoms with Crippen molar-refractivity contribution in [3.63, 3.8) is 0 Å². The Kier molecular flexibility index (Phi) is 7.66. The third kappa shape index (κ3) is 6.34. The highest BCUT2D eigenvalue weighted by atomic mass is 19.1. The number of nitrogens with zero attached hydrogens (tertiary/aromatic N) is 1. The molecule has 0 aromatic heterocycles. The van der Waals surface area contributed by atoms with Gasteiger partial charge in [0.05, 0.1) is 6.61 Å². The summed E-state index contributed by atoms with van der Waals surface area (Å²) in [6.45, 7) is 4.27. The molecule has 138 valence electrons. The SMILES string of the molecule is CCOC(=O)N1CCC(NCCC(=O)NCc2ccccc2F)CC1. The van der Waals surface area contributed by atoms with E-state index in [0.717, 1.165) is 12.8 Å². The predicted octanol–water partition coefficient (Wildman–Crippen LogP) is 2.04. The smallest absolute Gasteiger partial charge is 0.409 e. The Morgan fingerprint density at radius 3 is 2.68 bits per heavy atom. The summed E-state index contributed by atoms with van der Waals surface area (Å²) in [6.07, 6.45) is 1.77. The van der Waals surface area contributed by atoms with Gasteiger partial charge < -0.3 is 20.3 Å². The molecule has 2 N–H and O–H groups in total. The first-order valence-corrected chi connectivity index (χ1v) is 8.75. The van der Waals surface area contributed by atoms with Gasteiger partial charge in [0, 0.05) is 44.2 Å². The molecule has 7 heteroatoms. The van der Waals surface area contributed by atoms with Crippen molar-refractivity contribution >= 4 is 12.0 Å². The lowest BCUT2D eigenvalue weighted by Crippen LogP contribution is -2.45. The maximum Gasteiger partial charge on any atom is 0.409 e. The van der Waals surface area contributed by atoms with E-state index in [1.54, 1.807) is 30.0 Å². The van der Waals surface area contributed by atoms with Gasteiger partial charge in [0.15, 0.2) is 0 Å². The first kappa shape index (κ1) is 19.2. The molecule has 0 atom stereocenters. The van der Waals surface area contributed by atoms with Crippen LogP contribution in [0.15, 0.2) is 24.3 Å². The quantitative estimate of drug-likeness (QED) is 0.789. The summed E-state index contributed by atoms with van der Waals surface area (Å²) in [7, 11) is 0. The van der Waals surface area contributed by atoms with Gasteiger partial charge in [0.25, 0.3) is 0 Å². The van der Waals surface area contributed by atoms with Gasteiger partial charge in [-0.25, -0.2) is 9.18 Å². The van der Waals surface area contributed by atoms with Gasteiger partial charge in [0.1, 0.15) is 5.82 Å². The maximum absolute atomic E-state index is 13.5. The number of nitrogens with one attached hydrogen (secondary N) is 2. The Morgan fingerprint density at radius 2 is 2.00 bits per heavy atom. The molecule has 0 spiro atoms. The van der Waals surface area contributed by atoms with E-state index in [2.05, 4.69) is 10.6 Å². The lowest BCUT2D eigenvalue weighted by molar-refractivity contribution is -0.121. The second kappa shape index (κ2) is 9.98. The third-order valence-electron chi connectivity index (χ3n) is 4.24. The summed E-state index contributed by atoms with van der Waals surface area (Å²) < 4.78 is 18.5. The molecular weight excluding hydrogens is 325 g/mol. The van der Waals surface area contributed by atoms with Gasteiger partial charge in [-0.1, -0.05) is 18.2 Å². The molecule has 1 aliphatic rings. The number of benzene rings is 1. The standard InChI is InChI=1S/C18H26FN3O3/c1-2-25-18(24)22-11-8-15(9-12-22)20-10-7-17(23)21-13-14-5-3-4-6-16(14)19/h3-6,15,20H,2,7-13H2,1H3,(H,21,23). The van der Waals surface area contributed by atoms with Crippen molar-refractivity contribution in [1.29, 1.82) is 0 Å². The first-order valence-electron chi connectivity index (χ1n) is 8.75. The van der Waals surface area contributed by atoms with Crippen LogP contribution >= 0.6 is 0 Å². The number of carbonyl (C=O) groups excluding carboxylic acids is 2. The fraction of sp³-hybridized carbons (Fsp3) is 0.556. The van der Waals surface area contributed by atoms with Crippen LogP contribution in [-0.4, -0.2) is 49.2 Å². The van der Waals surface area contributed by atoms with Crippen LogP contribution in [0.25, 0.3) is 0 Å². The molecular formula is C18H26FN3O3. The molecule has 1 fully saturated rings. The molecule has 25 heavy (non-hydrogen) atoms. The van der Waals surface area contributed by atoms with E-state index in [9.17, 15) is 14.0 Å². The molecule has 0 unspecified atom stereocenters. The summed E-state index contributed by atoms with van der Waals surface area (Å²) >= 11 is 0. The van der Waals surface area contributed by atoms with E-state index in [4.69, 9.17) is 4.74 Å². The maximum atomic E-state index is 13.5. The summed E-state index contributed by atoms with van der Waals surface area (Å²) in [6, 6.07) is 6.70. The van der Waals surface area contributed by atoms with Crippen molar-refractivity contribution in [1.82, 2.24) is 15.5 Å². The van der Waals surface area contributed by atoms with Crippen LogP contribution in [0, 0.1) is 5.82 Å². The van der Waals surface area contributed by atoms with Crippen molar-refractivity contribution in [2.45, 2.75) is 38.8 Å². The van der Waals surface area contributed by atoms with Crippen molar-refractivity contribution in [2.24, 2.45) is 0 Å². The van der Waals surface area contributed by atoms with E-state index in [0.29, 0.717) is 44.3 Å². The minimum absolute atomic E-state index is 0.111. The molecule has 2 rings (SSSR count). The molecule has 0 aliphatic carbocycles. The molecule has 1 aromatic carbocycles. The van der Waals surface area contributed by atoms with E-state index in [1.807, 2.05) is 0 Å². The van der Waals surface area contributed by atoms with Crippen molar-refractivity contribution in [2.75, 3.05) is 26.2 Å². The van der Waals surface area contributed by atoms with Gasteiger partial charge in [-0.05, 0) is 25.8 Å². The lowest BCUT2D eigenvalue weighted by Gasteiger charge is -2.31. The first-order chi connectivity index (χ1) is 12.1. The van der Waals surface area contributed by atoms with Gasteiger partial charge >= 0.3 is 6.09 Å². The number of carbonyl (C=O) groups is 2. The van der Waals surface area contributed by atoms with Crippen LogP contribution < -0.4 is 10.6 Å². The Balaban J connectivity index is 1.59. The zero-order valence-electron chi connectivity index (χ0n) is 14.6. The normalized spacial score (nSPS) is 15.0. The zero-order valence-corrected chi connectivity index (χ0v) is 14.6. The average molecular weight is 351 g/mol. The van der Waals surface area contributed by atoms with E-state index in [1.165, 1.54) is 6.07 Å². The van der Waals surface area contributed by atoms with Crippen molar-refractivity contribution in [3.8, 4) is 0 Å². The van der Waals surface area contributed by atoms with Gasteiger partial charge in [-0.3, -0.25) is 4.79 Å². The summed E-state index contributed by atoms with van der Waals surface area (Å²) in [4.78, 5) is 25.2. The summed E-state index contributed by atoms with van der Waals surface area (Å²) in [5, 5.41) is 6.07. The number of amides is 2. The Bertz CT molecular complexity index is 574. The number of halogens is 1. The van der Waals surface area contributed by atoms with Gasteiger partial charge in [0.2, 0.25) is 5.91 Å². The molecule has 0 bridgehead atoms. The van der Waals surface area contributed by atoms with Gasteiger partial charge in [-0.15, -0.1) is 0 Å². The van der Waals surface area contributed by atoms with E-state index in [-0.39, 0.29) is 24.4 Å². The molecule has 1 heterocycles. The predicted molar refractivity (Wildman–Crippen MR) is 92.5 cm³/mol. The van der Waals surface area contributed by atoms with Crippen LogP contribution in [0.3, 0.4) is 0 Å². The third-order valence-corrected chi connectivity index (χ3v) is 4.24. The monoisotopic (exact) mass is 351 g/mol. The fourth-order valence-corrected chi connectivity index (χ4v) is 2.79. The number of piperidine rings is 1. The largest absolute Gasteiger partial charge is 0.450 e. The zero-order chi connectivity index (χ0) is 18.1. The molecule has 0 radical (unpaired) electrons. The number of ether oxygens (including phenoxy) is 1. The Hall–Kier alpha value is -2.15. The van der Waals surface area contributed by atoms with Crippen molar-refractivity contribution < 1.29 is 18.7 Å². The topological polar surface area (TPSA) is 70.7 Å². The minimum atomic E-state index is -0.311. The average Bonchev–Trinajstić information content (AvgIpc) is 2.62. The highest BCUT2D eigenvalue weighted by Crippen LogP contribution is 2.11. The number of hydrogen-bond donors (Lipinski definition) is 2. The molecule has 1 aliphatic heterocycles. The van der Waals surface area contributed by atoms with Crippen LogP contribution in [-0.2, 0) is 16.1 Å². The molecule has 1 aromatic rings. The summed E-state index contributed by atoms with van der Waals surface area (Å²) in [5.74, 6) is -0.422. The molecule has 6 nitrogen and oxygen atoms in total. The second-order valence-corrected chi connectivity index (χ2v) is 6.03. The fourth-order valence-electron chi connectivity index (χ4n) is 2.79. The number of likely N-dealkylation sites (tertiary alicyclic amines) is 1. The Labute approximate surface area is 147 Å². The Morgan fingerprint density at radius 1 is 1.28 bits per heavy atom. The lowest BCUT2D eigenvalue weighted by atomic mass is 10.1. The number of rotatable bonds is 7.